The summed E-state index contributed by atoms with van der Waals surface area (Å²) in [4.78, 5) is 36.4. The number of carbonyl (C=O) groups is 3. The molecule has 2 aliphatic rings. The molecule has 0 saturated heterocycles. The van der Waals surface area contributed by atoms with E-state index in [1.807, 2.05) is 31.2 Å². The summed E-state index contributed by atoms with van der Waals surface area (Å²) >= 11 is 0. The second kappa shape index (κ2) is 10.3. The second-order valence-corrected chi connectivity index (χ2v) is 9.38. The molecule has 0 bridgehead atoms. The average Bonchev–Trinajstić information content (AvgIpc) is 3.57. The number of amides is 2. The quantitative estimate of drug-likeness (QED) is 0.456. The van der Waals surface area contributed by atoms with Gasteiger partial charge in [-0.2, -0.15) is 0 Å². The maximum atomic E-state index is 12.7. The van der Waals surface area contributed by atoms with E-state index in [0.717, 1.165) is 24.0 Å². The number of carboxylic acids is 1. The smallest absolute Gasteiger partial charge is 0.407 e. The Kier molecular flexibility index (Phi) is 7.20. The first-order chi connectivity index (χ1) is 16.4. The fourth-order valence-electron chi connectivity index (χ4n) is 4.66. The molecule has 0 radical (unpaired) electrons. The summed E-state index contributed by atoms with van der Waals surface area (Å²) in [6.07, 6.45) is 3.17. The zero-order chi connectivity index (χ0) is 24.1. The van der Waals surface area contributed by atoms with Gasteiger partial charge in [-0.15, -0.1) is 0 Å². The van der Waals surface area contributed by atoms with Crippen molar-refractivity contribution in [3.63, 3.8) is 0 Å². The Morgan fingerprint density at radius 2 is 1.68 bits per heavy atom. The van der Waals surface area contributed by atoms with Crippen LogP contribution in [-0.2, 0) is 14.3 Å². The molecule has 3 N–H and O–H groups in total. The van der Waals surface area contributed by atoms with Crippen LogP contribution in [0.2, 0.25) is 0 Å². The Morgan fingerprint density at radius 3 is 2.24 bits per heavy atom. The fourth-order valence-corrected chi connectivity index (χ4v) is 4.66. The van der Waals surface area contributed by atoms with E-state index in [4.69, 9.17) is 4.74 Å². The number of carboxylic acid groups (broad SMARTS) is 1. The van der Waals surface area contributed by atoms with Crippen molar-refractivity contribution in [1.82, 2.24) is 10.6 Å². The van der Waals surface area contributed by atoms with Gasteiger partial charge in [-0.25, -0.2) is 4.79 Å². The second-order valence-electron chi connectivity index (χ2n) is 9.38. The lowest BCUT2D eigenvalue weighted by Crippen LogP contribution is -2.41. The van der Waals surface area contributed by atoms with Crippen LogP contribution in [0.4, 0.5) is 4.79 Å². The van der Waals surface area contributed by atoms with Gasteiger partial charge in [0.05, 0.1) is 5.41 Å². The number of aliphatic carboxylic acids is 1. The molecule has 2 amide bonds. The monoisotopic (exact) mass is 464 g/mol. The molecule has 34 heavy (non-hydrogen) atoms. The lowest BCUT2D eigenvalue weighted by Gasteiger charge is -2.20. The van der Waals surface area contributed by atoms with E-state index in [1.165, 1.54) is 11.1 Å². The lowest BCUT2D eigenvalue weighted by molar-refractivity contribution is -0.143. The maximum Gasteiger partial charge on any atom is 0.407 e. The number of nitrogens with one attached hydrogen (secondary N) is 2. The van der Waals surface area contributed by atoms with Gasteiger partial charge in [0.25, 0.3) is 0 Å². The first-order valence-corrected chi connectivity index (χ1v) is 12.0. The number of carbonyl (C=O) groups excluding carboxylic acids is 2. The van der Waals surface area contributed by atoms with E-state index in [2.05, 4.69) is 34.9 Å². The Balaban J connectivity index is 1.32. The number of hydrogen-bond donors (Lipinski definition) is 3. The van der Waals surface area contributed by atoms with Crippen LogP contribution in [-0.4, -0.2) is 42.3 Å². The van der Waals surface area contributed by atoms with Gasteiger partial charge in [0.15, 0.2) is 0 Å². The number of alkyl carbamates (subject to hydrolysis) is 1. The summed E-state index contributed by atoms with van der Waals surface area (Å²) in [5.74, 6) is -1.15. The standard InChI is InChI=1S/C27H32N2O5/c1-2-3-8-18(15-24(30)28-17-27(13-14-27)25(31)32)29-26(33)34-16-23-21-11-6-4-9-19(21)20-10-5-7-12-22(20)23/h4-7,9-12,18,23H,2-3,8,13-17H2,1H3,(H,28,30)(H,29,33)(H,31,32)/t18-/m0/s1. The molecule has 0 spiro atoms. The minimum absolute atomic E-state index is 0.0266. The molecule has 4 rings (SSSR count). The Morgan fingerprint density at radius 1 is 1.06 bits per heavy atom. The largest absolute Gasteiger partial charge is 0.481 e. The zero-order valence-electron chi connectivity index (χ0n) is 19.5. The molecular weight excluding hydrogens is 432 g/mol. The van der Waals surface area contributed by atoms with Gasteiger partial charge in [0, 0.05) is 24.9 Å². The number of ether oxygens (including phenoxy) is 1. The van der Waals surface area contributed by atoms with Gasteiger partial charge in [-0.3, -0.25) is 9.59 Å². The molecule has 0 heterocycles. The molecule has 0 unspecified atom stereocenters. The average molecular weight is 465 g/mol. The van der Waals surface area contributed by atoms with E-state index in [0.29, 0.717) is 19.3 Å². The van der Waals surface area contributed by atoms with Crippen LogP contribution in [0.15, 0.2) is 48.5 Å². The van der Waals surface area contributed by atoms with E-state index in [9.17, 15) is 19.5 Å². The van der Waals surface area contributed by atoms with Crippen LogP contribution in [0.25, 0.3) is 11.1 Å². The van der Waals surface area contributed by atoms with Crippen LogP contribution < -0.4 is 10.6 Å². The van der Waals surface area contributed by atoms with Crippen molar-refractivity contribution < 1.29 is 24.2 Å². The predicted octanol–water partition coefficient (Wildman–Crippen LogP) is 4.46. The van der Waals surface area contributed by atoms with E-state index in [-0.39, 0.29) is 37.4 Å². The number of benzene rings is 2. The Labute approximate surface area is 199 Å². The first-order valence-electron chi connectivity index (χ1n) is 12.0. The molecule has 180 valence electrons. The first kappa shape index (κ1) is 23.8. The van der Waals surface area contributed by atoms with Crippen molar-refractivity contribution in [3.8, 4) is 11.1 Å². The van der Waals surface area contributed by atoms with Crippen LogP contribution in [0.5, 0.6) is 0 Å². The van der Waals surface area contributed by atoms with Crippen molar-refractivity contribution >= 4 is 18.0 Å². The van der Waals surface area contributed by atoms with Crippen LogP contribution in [0.1, 0.15) is 62.5 Å². The van der Waals surface area contributed by atoms with Crippen molar-refractivity contribution in [2.75, 3.05) is 13.2 Å². The number of unbranched alkanes of at least 4 members (excludes halogenated alkanes) is 1. The highest BCUT2D eigenvalue weighted by Gasteiger charge is 2.50. The normalized spacial score (nSPS) is 16.1. The lowest BCUT2D eigenvalue weighted by atomic mass is 9.98. The summed E-state index contributed by atoms with van der Waals surface area (Å²) in [5.41, 5.74) is 3.81. The molecule has 0 aliphatic heterocycles. The Bertz CT molecular complexity index is 1020. The fraction of sp³-hybridized carbons (Fsp3) is 0.444. The highest BCUT2D eigenvalue weighted by molar-refractivity contribution is 5.82. The highest BCUT2D eigenvalue weighted by Crippen LogP contribution is 2.45. The van der Waals surface area contributed by atoms with Crippen LogP contribution in [0.3, 0.4) is 0 Å². The number of rotatable bonds is 11. The molecule has 1 saturated carbocycles. The van der Waals surface area contributed by atoms with Gasteiger partial charge in [-0.05, 0) is 41.5 Å². The Hall–Kier alpha value is -3.35. The van der Waals surface area contributed by atoms with Gasteiger partial charge < -0.3 is 20.5 Å². The van der Waals surface area contributed by atoms with Gasteiger partial charge in [-0.1, -0.05) is 68.3 Å². The maximum absolute atomic E-state index is 12.7. The van der Waals surface area contributed by atoms with Crippen molar-refractivity contribution in [2.45, 2.75) is 57.4 Å². The molecule has 1 fully saturated rings. The van der Waals surface area contributed by atoms with Gasteiger partial charge in [0.2, 0.25) is 5.91 Å². The zero-order valence-corrected chi connectivity index (χ0v) is 19.5. The highest BCUT2D eigenvalue weighted by atomic mass is 16.5. The van der Waals surface area contributed by atoms with Crippen molar-refractivity contribution in [1.29, 1.82) is 0 Å². The number of fused-ring (bicyclic) bond motifs is 3. The van der Waals surface area contributed by atoms with E-state index < -0.39 is 17.5 Å². The van der Waals surface area contributed by atoms with Gasteiger partial charge in [0.1, 0.15) is 6.61 Å². The third kappa shape index (κ3) is 5.24. The summed E-state index contributed by atoms with van der Waals surface area (Å²) in [7, 11) is 0. The van der Waals surface area contributed by atoms with E-state index in [1.54, 1.807) is 0 Å². The molecular formula is C27H32N2O5. The summed E-state index contributed by atoms with van der Waals surface area (Å²) in [6.45, 7) is 2.40. The third-order valence-electron chi connectivity index (χ3n) is 6.93. The molecule has 0 aromatic heterocycles. The predicted molar refractivity (Wildman–Crippen MR) is 128 cm³/mol. The van der Waals surface area contributed by atoms with Gasteiger partial charge >= 0.3 is 12.1 Å². The molecule has 7 heteroatoms. The molecule has 2 aromatic rings. The van der Waals surface area contributed by atoms with Crippen LogP contribution >= 0.6 is 0 Å². The van der Waals surface area contributed by atoms with Crippen LogP contribution in [0, 0.1) is 5.41 Å². The third-order valence-corrected chi connectivity index (χ3v) is 6.93. The summed E-state index contributed by atoms with van der Waals surface area (Å²) in [6, 6.07) is 16.0. The molecule has 1 atom stereocenters. The van der Waals surface area contributed by atoms with E-state index >= 15 is 0 Å². The SMILES string of the molecule is CCCC[C@@H](CC(=O)NCC1(C(=O)O)CC1)NC(=O)OCC1c2ccccc2-c2ccccc21. The molecule has 2 aliphatic carbocycles. The molecule has 7 nitrogen and oxygen atoms in total. The van der Waals surface area contributed by atoms with Crippen molar-refractivity contribution in [3.05, 3.63) is 59.7 Å². The molecule has 2 aromatic carbocycles. The summed E-state index contributed by atoms with van der Waals surface area (Å²) in [5, 5.41) is 14.9. The number of hydrogen-bond acceptors (Lipinski definition) is 4. The topological polar surface area (TPSA) is 105 Å². The van der Waals surface area contributed by atoms with Crippen molar-refractivity contribution in [2.24, 2.45) is 5.41 Å². The minimum atomic E-state index is -0.868. The summed E-state index contributed by atoms with van der Waals surface area (Å²) < 4.78 is 5.63. The minimum Gasteiger partial charge on any atom is -0.481 e.